The minimum atomic E-state index is -0.162. The van der Waals surface area contributed by atoms with Gasteiger partial charge >= 0.3 is 0 Å². The summed E-state index contributed by atoms with van der Waals surface area (Å²) < 4.78 is 1.73. The van der Waals surface area contributed by atoms with Gasteiger partial charge in [-0.05, 0) is 44.8 Å². The molecule has 1 atom stereocenters. The van der Waals surface area contributed by atoms with E-state index in [2.05, 4.69) is 20.2 Å². The van der Waals surface area contributed by atoms with Crippen molar-refractivity contribution in [2.45, 2.75) is 31.7 Å². The van der Waals surface area contributed by atoms with Gasteiger partial charge in [0.2, 0.25) is 5.78 Å². The van der Waals surface area contributed by atoms with Crippen molar-refractivity contribution in [2.75, 3.05) is 26.2 Å². The molecule has 0 spiro atoms. The third-order valence-corrected chi connectivity index (χ3v) is 4.34. The van der Waals surface area contributed by atoms with Crippen LogP contribution in [0.5, 0.6) is 0 Å². The maximum Gasteiger partial charge on any atom is 0.271 e. The number of unbranched alkanes of at least 4 members (excludes halogenated alkanes) is 1. The Labute approximate surface area is 135 Å². The van der Waals surface area contributed by atoms with Gasteiger partial charge in [-0.1, -0.05) is 0 Å². The first-order valence-corrected chi connectivity index (χ1v) is 8.21. The molecule has 1 unspecified atom stereocenters. The standard InChI is InChI=1S/C16H23N5O2/c22-12-13-5-3-9-20(13)8-2-1-6-17-15(23)14-11-21-10-4-7-18-16(21)19-14/h4,7,10-11,13,22H,1-3,5-6,8-9,12H2,(H,17,23). The summed E-state index contributed by atoms with van der Waals surface area (Å²) in [6, 6.07) is 2.13. The van der Waals surface area contributed by atoms with E-state index in [1.54, 1.807) is 22.9 Å². The SMILES string of the molecule is O=C(NCCCCN1CCCC1CO)c1cn2cccnc2n1. The van der Waals surface area contributed by atoms with Gasteiger partial charge in [0.05, 0.1) is 6.61 Å². The number of nitrogens with zero attached hydrogens (tertiary/aromatic N) is 4. The molecule has 1 aliphatic rings. The van der Waals surface area contributed by atoms with E-state index in [1.165, 1.54) is 6.42 Å². The summed E-state index contributed by atoms with van der Waals surface area (Å²) in [5, 5.41) is 12.2. The molecular weight excluding hydrogens is 294 g/mol. The normalized spacial score (nSPS) is 18.6. The summed E-state index contributed by atoms with van der Waals surface area (Å²) in [5.74, 6) is 0.367. The molecule has 0 aromatic carbocycles. The van der Waals surface area contributed by atoms with E-state index in [9.17, 15) is 9.90 Å². The zero-order valence-electron chi connectivity index (χ0n) is 13.2. The Bertz CT molecular complexity index is 624. The van der Waals surface area contributed by atoms with Crippen LogP contribution in [0.3, 0.4) is 0 Å². The maximum atomic E-state index is 12.1. The molecule has 0 aliphatic carbocycles. The van der Waals surface area contributed by atoms with E-state index in [-0.39, 0.29) is 12.5 Å². The summed E-state index contributed by atoms with van der Waals surface area (Å²) in [6.45, 7) is 2.95. The highest BCUT2D eigenvalue weighted by Gasteiger charge is 2.22. The van der Waals surface area contributed by atoms with Gasteiger partial charge in [-0.25, -0.2) is 9.97 Å². The topological polar surface area (TPSA) is 82.8 Å². The summed E-state index contributed by atoms with van der Waals surface area (Å²) in [4.78, 5) is 22.7. The molecule has 3 heterocycles. The molecule has 7 heteroatoms. The molecular formula is C16H23N5O2. The molecule has 0 saturated carbocycles. The summed E-state index contributed by atoms with van der Waals surface area (Å²) in [6.07, 6.45) is 9.37. The summed E-state index contributed by atoms with van der Waals surface area (Å²) in [7, 11) is 0. The number of aliphatic hydroxyl groups is 1. The molecule has 1 saturated heterocycles. The van der Waals surface area contributed by atoms with Crippen LogP contribution in [-0.4, -0.2) is 62.6 Å². The highest BCUT2D eigenvalue weighted by atomic mass is 16.3. The second-order valence-corrected chi connectivity index (χ2v) is 5.93. The molecule has 1 amide bonds. The Balaban J connectivity index is 1.39. The molecule has 3 rings (SSSR count). The third kappa shape index (κ3) is 3.86. The van der Waals surface area contributed by atoms with Crippen LogP contribution in [-0.2, 0) is 0 Å². The van der Waals surface area contributed by atoms with E-state index >= 15 is 0 Å². The fraction of sp³-hybridized carbons (Fsp3) is 0.562. The van der Waals surface area contributed by atoms with Gasteiger partial charge in [0.1, 0.15) is 5.69 Å². The first-order chi connectivity index (χ1) is 11.3. The largest absolute Gasteiger partial charge is 0.395 e. The predicted octanol–water partition coefficient (Wildman–Crippen LogP) is 0.696. The first-order valence-electron chi connectivity index (χ1n) is 8.21. The second kappa shape index (κ2) is 7.52. The Morgan fingerprint density at radius 1 is 1.43 bits per heavy atom. The number of imidazole rings is 1. The fourth-order valence-corrected chi connectivity index (χ4v) is 3.07. The van der Waals surface area contributed by atoms with Crippen molar-refractivity contribution in [3.05, 3.63) is 30.4 Å². The number of aliphatic hydroxyl groups excluding tert-OH is 1. The van der Waals surface area contributed by atoms with E-state index in [1.807, 2.05) is 6.20 Å². The van der Waals surface area contributed by atoms with Crippen molar-refractivity contribution >= 4 is 11.7 Å². The van der Waals surface area contributed by atoms with Gasteiger partial charge in [0.15, 0.2) is 0 Å². The average molecular weight is 317 g/mol. The average Bonchev–Trinajstić information content (AvgIpc) is 3.20. The number of hydrogen-bond acceptors (Lipinski definition) is 5. The minimum absolute atomic E-state index is 0.162. The van der Waals surface area contributed by atoms with Crippen molar-refractivity contribution < 1.29 is 9.90 Å². The minimum Gasteiger partial charge on any atom is -0.395 e. The number of nitrogens with one attached hydrogen (secondary N) is 1. The maximum absolute atomic E-state index is 12.1. The van der Waals surface area contributed by atoms with Crippen molar-refractivity contribution in [1.82, 2.24) is 24.6 Å². The van der Waals surface area contributed by atoms with E-state index < -0.39 is 0 Å². The molecule has 23 heavy (non-hydrogen) atoms. The highest BCUT2D eigenvalue weighted by Crippen LogP contribution is 2.16. The molecule has 7 nitrogen and oxygen atoms in total. The monoisotopic (exact) mass is 317 g/mol. The fourth-order valence-electron chi connectivity index (χ4n) is 3.07. The van der Waals surface area contributed by atoms with Gasteiger partial charge in [0, 0.05) is 31.2 Å². The predicted molar refractivity (Wildman–Crippen MR) is 86.2 cm³/mol. The zero-order valence-corrected chi connectivity index (χ0v) is 13.2. The molecule has 2 aromatic heterocycles. The van der Waals surface area contributed by atoms with E-state index in [0.29, 0.717) is 24.1 Å². The Morgan fingerprint density at radius 3 is 3.17 bits per heavy atom. The number of carbonyl (C=O) groups is 1. The molecule has 2 aromatic rings. The van der Waals surface area contributed by atoms with Crippen molar-refractivity contribution in [2.24, 2.45) is 0 Å². The van der Waals surface area contributed by atoms with Crippen LogP contribution in [0.4, 0.5) is 0 Å². The van der Waals surface area contributed by atoms with Crippen LogP contribution < -0.4 is 5.32 Å². The van der Waals surface area contributed by atoms with Crippen molar-refractivity contribution in [3.8, 4) is 0 Å². The number of carbonyl (C=O) groups excluding carboxylic acids is 1. The molecule has 0 radical (unpaired) electrons. The Morgan fingerprint density at radius 2 is 2.35 bits per heavy atom. The summed E-state index contributed by atoms with van der Waals surface area (Å²) in [5.41, 5.74) is 0.392. The molecule has 1 fully saturated rings. The molecule has 0 bridgehead atoms. The second-order valence-electron chi connectivity index (χ2n) is 5.93. The number of fused-ring (bicyclic) bond motifs is 1. The van der Waals surface area contributed by atoms with Crippen molar-refractivity contribution in [1.29, 1.82) is 0 Å². The highest BCUT2D eigenvalue weighted by molar-refractivity contribution is 5.92. The number of hydrogen-bond donors (Lipinski definition) is 2. The number of likely N-dealkylation sites (tertiary alicyclic amines) is 1. The lowest BCUT2D eigenvalue weighted by atomic mass is 10.2. The number of aromatic nitrogens is 3. The molecule has 124 valence electrons. The molecule has 2 N–H and O–H groups in total. The van der Waals surface area contributed by atoms with Crippen molar-refractivity contribution in [3.63, 3.8) is 0 Å². The van der Waals surface area contributed by atoms with Crippen LogP contribution in [0.25, 0.3) is 5.78 Å². The van der Waals surface area contributed by atoms with Crippen LogP contribution in [0.1, 0.15) is 36.2 Å². The lowest BCUT2D eigenvalue weighted by Gasteiger charge is -2.22. The lowest BCUT2D eigenvalue weighted by molar-refractivity contribution is 0.0947. The van der Waals surface area contributed by atoms with Gasteiger partial charge in [-0.15, -0.1) is 0 Å². The third-order valence-electron chi connectivity index (χ3n) is 4.34. The van der Waals surface area contributed by atoms with Crippen LogP contribution in [0.2, 0.25) is 0 Å². The lowest BCUT2D eigenvalue weighted by Crippen LogP contribution is -2.33. The molecule has 1 aliphatic heterocycles. The van der Waals surface area contributed by atoms with Crippen LogP contribution in [0, 0.1) is 0 Å². The van der Waals surface area contributed by atoms with E-state index in [4.69, 9.17) is 0 Å². The summed E-state index contributed by atoms with van der Waals surface area (Å²) >= 11 is 0. The Kier molecular flexibility index (Phi) is 5.19. The first kappa shape index (κ1) is 15.9. The number of amides is 1. The van der Waals surface area contributed by atoms with Crippen LogP contribution >= 0.6 is 0 Å². The number of rotatable bonds is 7. The quantitative estimate of drug-likeness (QED) is 0.735. The van der Waals surface area contributed by atoms with Gasteiger partial charge in [0.25, 0.3) is 5.91 Å². The smallest absolute Gasteiger partial charge is 0.271 e. The zero-order chi connectivity index (χ0) is 16.1. The Hall–Kier alpha value is -1.99. The van der Waals surface area contributed by atoms with Crippen LogP contribution in [0.15, 0.2) is 24.7 Å². The van der Waals surface area contributed by atoms with E-state index in [0.717, 1.165) is 32.4 Å². The van der Waals surface area contributed by atoms with Gasteiger partial charge in [-0.3, -0.25) is 14.1 Å². The van der Waals surface area contributed by atoms with Gasteiger partial charge < -0.3 is 10.4 Å². The van der Waals surface area contributed by atoms with Gasteiger partial charge in [-0.2, -0.15) is 0 Å².